The van der Waals surface area contributed by atoms with E-state index in [1.807, 2.05) is 12.1 Å². The second-order valence-corrected chi connectivity index (χ2v) is 9.21. The van der Waals surface area contributed by atoms with Gasteiger partial charge in [-0.15, -0.1) is 12.4 Å². The Morgan fingerprint density at radius 3 is 2.06 bits per heavy atom. The summed E-state index contributed by atoms with van der Waals surface area (Å²) >= 11 is 0. The van der Waals surface area contributed by atoms with Gasteiger partial charge in [-0.2, -0.15) is 0 Å². The Labute approximate surface area is 215 Å². The van der Waals surface area contributed by atoms with Crippen LogP contribution in [0.15, 0.2) is 78.9 Å². The zero-order valence-electron chi connectivity index (χ0n) is 20.6. The first-order chi connectivity index (χ1) is 16.8. The molecule has 1 saturated heterocycles. The van der Waals surface area contributed by atoms with E-state index < -0.39 is 0 Å². The maximum absolute atomic E-state index is 5.31. The van der Waals surface area contributed by atoms with Crippen LogP contribution in [0, 0.1) is 0 Å². The van der Waals surface area contributed by atoms with Gasteiger partial charge in [0.1, 0.15) is 5.75 Å². The number of methoxy groups -OCH3 is 1. The number of fused-ring (bicyclic) bond motifs is 3. The zero-order chi connectivity index (χ0) is 23.2. The molecule has 2 heterocycles. The van der Waals surface area contributed by atoms with Crippen LogP contribution in [0.25, 0.3) is 27.9 Å². The molecule has 0 bridgehead atoms. The van der Waals surface area contributed by atoms with E-state index in [0.717, 1.165) is 31.9 Å². The van der Waals surface area contributed by atoms with E-state index in [9.17, 15) is 0 Å². The predicted molar refractivity (Wildman–Crippen MR) is 151 cm³/mol. The van der Waals surface area contributed by atoms with Gasteiger partial charge >= 0.3 is 0 Å². The van der Waals surface area contributed by atoms with Gasteiger partial charge < -0.3 is 14.2 Å². The van der Waals surface area contributed by atoms with Crippen molar-refractivity contribution < 1.29 is 4.74 Å². The summed E-state index contributed by atoms with van der Waals surface area (Å²) in [6.45, 7) is 7.93. The molecule has 0 radical (unpaired) electrons. The van der Waals surface area contributed by atoms with Crippen LogP contribution in [-0.2, 0) is 6.54 Å². The number of halogens is 1. The third-order valence-electron chi connectivity index (χ3n) is 7.02. The summed E-state index contributed by atoms with van der Waals surface area (Å²) in [6, 6.07) is 25.8. The molecule has 4 nitrogen and oxygen atoms in total. The van der Waals surface area contributed by atoms with Gasteiger partial charge in [0.25, 0.3) is 0 Å². The summed E-state index contributed by atoms with van der Waals surface area (Å²) in [5.41, 5.74) is 3.92. The summed E-state index contributed by atoms with van der Waals surface area (Å²) in [5.74, 6) is 0.911. The molecule has 1 aromatic heterocycles. The molecule has 5 heteroatoms. The summed E-state index contributed by atoms with van der Waals surface area (Å²) in [6.07, 6.45) is 6.93. The smallest absolute Gasteiger partial charge is 0.119 e. The zero-order valence-corrected chi connectivity index (χ0v) is 21.4. The number of nitrogens with zero attached hydrogens (tertiary/aromatic N) is 3. The van der Waals surface area contributed by atoms with Crippen LogP contribution in [0.4, 0.5) is 0 Å². The van der Waals surface area contributed by atoms with Gasteiger partial charge in [0.15, 0.2) is 0 Å². The minimum atomic E-state index is 0. The lowest BCUT2D eigenvalue weighted by Gasteiger charge is -2.34. The number of hydrogen-bond acceptors (Lipinski definition) is 3. The van der Waals surface area contributed by atoms with Gasteiger partial charge in [0.05, 0.1) is 7.11 Å². The van der Waals surface area contributed by atoms with Crippen molar-refractivity contribution >= 4 is 40.3 Å². The molecule has 0 unspecified atom stereocenters. The van der Waals surface area contributed by atoms with Crippen LogP contribution in [0.3, 0.4) is 0 Å². The largest absolute Gasteiger partial charge is 0.497 e. The Kier molecular flexibility index (Phi) is 8.86. The topological polar surface area (TPSA) is 20.6 Å². The molecule has 184 valence electrons. The van der Waals surface area contributed by atoms with Gasteiger partial charge in [0.2, 0.25) is 0 Å². The summed E-state index contributed by atoms with van der Waals surface area (Å²) in [5, 5.41) is 2.74. The number of hydrogen-bond donors (Lipinski definition) is 0. The van der Waals surface area contributed by atoms with Gasteiger partial charge in [-0.05, 0) is 49.2 Å². The van der Waals surface area contributed by atoms with Crippen molar-refractivity contribution in [3.05, 3.63) is 84.4 Å². The minimum absolute atomic E-state index is 0. The Morgan fingerprint density at radius 1 is 0.743 bits per heavy atom. The van der Waals surface area contributed by atoms with Gasteiger partial charge in [-0.3, -0.25) is 4.90 Å². The molecule has 1 aliphatic rings. The number of piperazine rings is 1. The number of ether oxygens (including phenoxy) is 1. The maximum atomic E-state index is 5.31. The van der Waals surface area contributed by atoms with Gasteiger partial charge in [0, 0.05) is 61.1 Å². The number of para-hydroxylation sites is 2. The van der Waals surface area contributed by atoms with E-state index in [1.165, 1.54) is 59.8 Å². The van der Waals surface area contributed by atoms with Crippen molar-refractivity contribution in [3.63, 3.8) is 0 Å². The maximum Gasteiger partial charge on any atom is 0.119 e. The fraction of sp³-hybridized carbons (Fsp3) is 0.333. The van der Waals surface area contributed by atoms with Crippen molar-refractivity contribution in [2.24, 2.45) is 0 Å². The number of benzene rings is 3. The van der Waals surface area contributed by atoms with Crippen LogP contribution < -0.4 is 4.74 Å². The van der Waals surface area contributed by atoms with E-state index in [-0.39, 0.29) is 12.4 Å². The number of unbranched alkanes of at least 4 members (excludes halogenated alkanes) is 1. The third kappa shape index (κ3) is 6.07. The first-order valence-corrected chi connectivity index (χ1v) is 12.5. The number of aryl methyl sites for hydroxylation is 1. The average molecular weight is 490 g/mol. The summed E-state index contributed by atoms with van der Waals surface area (Å²) in [4.78, 5) is 5.18. The molecule has 0 spiro atoms. The van der Waals surface area contributed by atoms with Crippen LogP contribution >= 0.6 is 12.4 Å². The first kappa shape index (κ1) is 25.3. The van der Waals surface area contributed by atoms with Crippen molar-refractivity contribution in [2.75, 3.05) is 46.4 Å². The molecule has 0 atom stereocenters. The third-order valence-corrected chi connectivity index (χ3v) is 7.02. The van der Waals surface area contributed by atoms with E-state index >= 15 is 0 Å². The Hall–Kier alpha value is -2.79. The molecule has 3 aromatic carbocycles. The Morgan fingerprint density at radius 2 is 1.37 bits per heavy atom. The van der Waals surface area contributed by atoms with Gasteiger partial charge in [-0.1, -0.05) is 60.7 Å². The highest BCUT2D eigenvalue weighted by Gasteiger charge is 2.15. The summed E-state index contributed by atoms with van der Waals surface area (Å²) < 4.78 is 7.82. The van der Waals surface area contributed by atoms with Gasteiger partial charge in [-0.25, -0.2) is 0 Å². The lowest BCUT2D eigenvalue weighted by atomic mass is 10.2. The van der Waals surface area contributed by atoms with Crippen LogP contribution in [0.5, 0.6) is 5.75 Å². The molecule has 0 aliphatic carbocycles. The highest BCUT2D eigenvalue weighted by molar-refractivity contribution is 6.07. The molecule has 1 aliphatic heterocycles. The van der Waals surface area contributed by atoms with Crippen molar-refractivity contribution in [2.45, 2.75) is 19.4 Å². The highest BCUT2D eigenvalue weighted by atomic mass is 35.5. The fourth-order valence-electron chi connectivity index (χ4n) is 5.13. The normalized spacial score (nSPS) is 15.1. The molecule has 0 saturated carbocycles. The molecule has 0 amide bonds. The lowest BCUT2D eigenvalue weighted by Crippen LogP contribution is -2.46. The summed E-state index contributed by atoms with van der Waals surface area (Å²) in [7, 11) is 1.72. The second-order valence-electron chi connectivity index (χ2n) is 9.21. The Balaban J connectivity index is 0.00000289. The van der Waals surface area contributed by atoms with E-state index in [1.54, 1.807) is 7.11 Å². The molecule has 5 rings (SSSR count). The van der Waals surface area contributed by atoms with E-state index in [4.69, 9.17) is 4.74 Å². The first-order valence-electron chi connectivity index (χ1n) is 12.5. The Bertz CT molecular complexity index is 1200. The monoisotopic (exact) mass is 489 g/mol. The van der Waals surface area contributed by atoms with Crippen LogP contribution in [0.1, 0.15) is 18.4 Å². The van der Waals surface area contributed by atoms with Crippen molar-refractivity contribution in [1.82, 2.24) is 14.4 Å². The van der Waals surface area contributed by atoms with Crippen molar-refractivity contribution in [3.8, 4) is 5.75 Å². The van der Waals surface area contributed by atoms with Crippen molar-refractivity contribution in [1.29, 1.82) is 0 Å². The highest BCUT2D eigenvalue weighted by Crippen LogP contribution is 2.29. The molecule has 1 fully saturated rings. The second kappa shape index (κ2) is 12.3. The molecule has 4 aromatic rings. The lowest BCUT2D eigenvalue weighted by molar-refractivity contribution is 0.140. The molecular formula is C30H36ClN3O. The number of aromatic nitrogens is 1. The quantitative estimate of drug-likeness (QED) is 0.256. The average Bonchev–Trinajstić information content (AvgIpc) is 3.21. The molecule has 35 heavy (non-hydrogen) atoms. The molecule has 0 N–H and O–H groups in total. The van der Waals surface area contributed by atoms with E-state index in [0.29, 0.717) is 0 Å². The SMILES string of the molecule is COc1cccc(/C=C/CN2CCN(CCCCn3c4ccccc4c4ccccc43)CC2)c1.Cl. The number of rotatable bonds is 9. The van der Waals surface area contributed by atoms with Crippen LogP contribution in [0.2, 0.25) is 0 Å². The van der Waals surface area contributed by atoms with Crippen LogP contribution in [-0.4, -0.2) is 60.7 Å². The van der Waals surface area contributed by atoms with E-state index in [2.05, 4.69) is 87.2 Å². The predicted octanol–water partition coefficient (Wildman–Crippen LogP) is 6.34. The fourth-order valence-corrected chi connectivity index (χ4v) is 5.13. The standard InChI is InChI=1S/C30H35N3O.ClH/c1-34-26-12-8-10-25(24-26)11-9-18-32-22-20-31(21-23-32)17-6-7-19-33-29-15-4-2-13-27(29)28-14-3-5-16-30(28)33;/h2-5,8-16,24H,6-7,17-23H2,1H3;1H/b11-9+;. The molecular weight excluding hydrogens is 454 g/mol. The minimum Gasteiger partial charge on any atom is -0.497 e.